The van der Waals surface area contributed by atoms with Gasteiger partial charge >= 0.3 is 0 Å². The molecule has 7 heteroatoms. The van der Waals surface area contributed by atoms with Crippen LogP contribution < -0.4 is 15.4 Å². The molecule has 2 N–H and O–H groups in total. The van der Waals surface area contributed by atoms with E-state index in [0.29, 0.717) is 31.4 Å². The highest BCUT2D eigenvalue weighted by atomic mass is 16.5. The molecule has 1 amide bonds. The van der Waals surface area contributed by atoms with Crippen LogP contribution in [-0.2, 0) is 11.3 Å². The van der Waals surface area contributed by atoms with Gasteiger partial charge in [0, 0.05) is 25.8 Å². The Labute approximate surface area is 134 Å². The lowest BCUT2D eigenvalue weighted by molar-refractivity contribution is -0.131. The van der Waals surface area contributed by atoms with Crippen LogP contribution >= 0.6 is 0 Å². The molecular weight excluding hydrogens is 294 g/mol. The molecule has 1 aliphatic rings. The average Bonchev–Trinajstić information content (AvgIpc) is 2.57. The third-order valence-electron chi connectivity index (χ3n) is 3.80. The number of benzene rings is 1. The number of hydrogen-bond acceptors (Lipinski definition) is 6. The Balaban J connectivity index is 1.63. The van der Waals surface area contributed by atoms with Crippen molar-refractivity contribution in [3.05, 3.63) is 42.1 Å². The van der Waals surface area contributed by atoms with Crippen molar-refractivity contribution in [2.24, 2.45) is 0 Å². The first-order valence-electron chi connectivity index (χ1n) is 7.40. The summed E-state index contributed by atoms with van der Waals surface area (Å²) in [7, 11) is 1.64. The van der Waals surface area contributed by atoms with Gasteiger partial charge in [0.1, 0.15) is 18.1 Å². The lowest BCUT2D eigenvalue weighted by Gasteiger charge is -2.34. The number of hydrogen-bond donors (Lipinski definition) is 1. The van der Waals surface area contributed by atoms with Gasteiger partial charge in [-0.15, -0.1) is 0 Å². The van der Waals surface area contributed by atoms with Gasteiger partial charge in [0.25, 0.3) is 0 Å². The lowest BCUT2D eigenvalue weighted by Crippen LogP contribution is -2.50. The highest BCUT2D eigenvalue weighted by Crippen LogP contribution is 2.16. The van der Waals surface area contributed by atoms with Crippen LogP contribution in [0.4, 0.5) is 11.8 Å². The summed E-state index contributed by atoms with van der Waals surface area (Å²) in [6.07, 6.45) is 1.60. The highest BCUT2D eigenvalue weighted by Gasteiger charge is 2.25. The lowest BCUT2D eigenvalue weighted by atomic mass is 10.2. The number of nitrogens with zero attached hydrogens (tertiary/aromatic N) is 4. The zero-order chi connectivity index (χ0) is 16.2. The van der Waals surface area contributed by atoms with Crippen molar-refractivity contribution in [1.82, 2.24) is 14.9 Å². The average molecular weight is 313 g/mol. The van der Waals surface area contributed by atoms with E-state index in [1.54, 1.807) is 19.4 Å². The Morgan fingerprint density at radius 1 is 1.22 bits per heavy atom. The monoisotopic (exact) mass is 313 g/mol. The number of carbonyl (C=O) groups is 1. The first-order chi connectivity index (χ1) is 11.2. The van der Waals surface area contributed by atoms with E-state index in [0.717, 1.165) is 11.3 Å². The van der Waals surface area contributed by atoms with E-state index in [-0.39, 0.29) is 12.5 Å². The van der Waals surface area contributed by atoms with Crippen LogP contribution in [0.15, 0.2) is 36.5 Å². The molecule has 1 aliphatic heterocycles. The number of carbonyl (C=O) groups excluding carboxylic acids is 1. The number of methoxy groups -OCH3 is 1. The van der Waals surface area contributed by atoms with Crippen molar-refractivity contribution in [3.8, 4) is 5.75 Å². The smallest absolute Gasteiger partial charge is 0.242 e. The SMILES string of the molecule is COc1ccc(CN2CCN(c3nccc(N)n3)CC2=O)cc1. The third-order valence-corrected chi connectivity index (χ3v) is 3.80. The van der Waals surface area contributed by atoms with Crippen molar-refractivity contribution in [2.75, 3.05) is 37.4 Å². The molecule has 120 valence electrons. The molecule has 0 spiro atoms. The Morgan fingerprint density at radius 3 is 2.65 bits per heavy atom. The van der Waals surface area contributed by atoms with Crippen LogP contribution in [0.3, 0.4) is 0 Å². The van der Waals surface area contributed by atoms with Gasteiger partial charge in [-0.25, -0.2) is 4.98 Å². The Bertz CT molecular complexity index is 689. The van der Waals surface area contributed by atoms with Crippen molar-refractivity contribution in [2.45, 2.75) is 6.54 Å². The molecule has 0 bridgehead atoms. The maximum Gasteiger partial charge on any atom is 0.242 e. The van der Waals surface area contributed by atoms with Gasteiger partial charge in [-0.05, 0) is 23.8 Å². The number of ether oxygens (including phenoxy) is 1. The Morgan fingerprint density at radius 2 is 2.00 bits per heavy atom. The van der Waals surface area contributed by atoms with E-state index in [9.17, 15) is 4.79 Å². The van der Waals surface area contributed by atoms with Gasteiger partial charge in [0.05, 0.1) is 7.11 Å². The Hall–Kier alpha value is -2.83. The maximum absolute atomic E-state index is 12.4. The number of nitrogens with two attached hydrogens (primary N) is 1. The van der Waals surface area contributed by atoms with Crippen LogP contribution in [0.1, 0.15) is 5.56 Å². The summed E-state index contributed by atoms with van der Waals surface area (Å²) in [5, 5.41) is 0. The molecule has 3 rings (SSSR count). The van der Waals surface area contributed by atoms with Crippen LogP contribution in [0.5, 0.6) is 5.75 Å². The number of rotatable bonds is 4. The van der Waals surface area contributed by atoms with Crippen LogP contribution in [0.2, 0.25) is 0 Å². The van der Waals surface area contributed by atoms with E-state index in [1.165, 1.54) is 0 Å². The fourth-order valence-corrected chi connectivity index (χ4v) is 2.51. The fourth-order valence-electron chi connectivity index (χ4n) is 2.51. The number of aromatic nitrogens is 2. The highest BCUT2D eigenvalue weighted by molar-refractivity contribution is 5.82. The summed E-state index contributed by atoms with van der Waals surface area (Å²) in [6.45, 7) is 2.17. The minimum absolute atomic E-state index is 0.0538. The van der Waals surface area contributed by atoms with E-state index in [4.69, 9.17) is 10.5 Å². The van der Waals surface area contributed by atoms with E-state index >= 15 is 0 Å². The topological polar surface area (TPSA) is 84.6 Å². The molecule has 0 unspecified atom stereocenters. The van der Waals surface area contributed by atoms with E-state index in [2.05, 4.69) is 9.97 Å². The summed E-state index contributed by atoms with van der Waals surface area (Å²) in [5.74, 6) is 1.77. The minimum atomic E-state index is 0.0538. The first-order valence-corrected chi connectivity index (χ1v) is 7.40. The molecular formula is C16H19N5O2. The summed E-state index contributed by atoms with van der Waals surface area (Å²) >= 11 is 0. The van der Waals surface area contributed by atoms with Gasteiger partial charge in [-0.2, -0.15) is 4.98 Å². The molecule has 0 radical (unpaired) electrons. The number of amides is 1. The summed E-state index contributed by atoms with van der Waals surface area (Å²) < 4.78 is 5.14. The second-order valence-corrected chi connectivity index (χ2v) is 5.37. The van der Waals surface area contributed by atoms with Crippen molar-refractivity contribution < 1.29 is 9.53 Å². The number of anilines is 2. The molecule has 1 fully saturated rings. The minimum Gasteiger partial charge on any atom is -0.497 e. The zero-order valence-electron chi connectivity index (χ0n) is 13.0. The fraction of sp³-hybridized carbons (Fsp3) is 0.312. The summed E-state index contributed by atoms with van der Waals surface area (Å²) in [4.78, 5) is 24.4. The molecule has 7 nitrogen and oxygen atoms in total. The van der Waals surface area contributed by atoms with Crippen molar-refractivity contribution in [3.63, 3.8) is 0 Å². The van der Waals surface area contributed by atoms with Crippen LogP contribution in [0.25, 0.3) is 0 Å². The molecule has 0 saturated carbocycles. The molecule has 0 atom stereocenters. The molecule has 0 aliphatic carbocycles. The number of piperazine rings is 1. The second-order valence-electron chi connectivity index (χ2n) is 5.37. The van der Waals surface area contributed by atoms with Gasteiger partial charge in [0.15, 0.2) is 0 Å². The van der Waals surface area contributed by atoms with Gasteiger partial charge in [-0.3, -0.25) is 4.79 Å². The normalized spacial score (nSPS) is 14.9. The maximum atomic E-state index is 12.4. The van der Waals surface area contributed by atoms with E-state index < -0.39 is 0 Å². The summed E-state index contributed by atoms with van der Waals surface area (Å²) in [6, 6.07) is 9.37. The van der Waals surface area contributed by atoms with Crippen molar-refractivity contribution in [1.29, 1.82) is 0 Å². The van der Waals surface area contributed by atoms with Crippen LogP contribution in [0, 0.1) is 0 Å². The van der Waals surface area contributed by atoms with Crippen molar-refractivity contribution >= 4 is 17.7 Å². The standard InChI is InChI=1S/C16H19N5O2/c1-23-13-4-2-12(3-5-13)10-20-8-9-21(11-15(20)22)16-18-7-6-14(17)19-16/h2-7H,8-11H2,1H3,(H2,17,18,19). The molecule has 1 aromatic heterocycles. The predicted molar refractivity (Wildman–Crippen MR) is 87.1 cm³/mol. The number of nitrogen functional groups attached to an aromatic ring is 1. The third kappa shape index (κ3) is 3.50. The molecule has 2 heterocycles. The molecule has 1 aromatic carbocycles. The van der Waals surface area contributed by atoms with Crippen LogP contribution in [-0.4, -0.2) is 47.5 Å². The van der Waals surface area contributed by atoms with Gasteiger partial charge in [0.2, 0.25) is 11.9 Å². The Kier molecular flexibility index (Phi) is 4.27. The van der Waals surface area contributed by atoms with E-state index in [1.807, 2.05) is 34.1 Å². The molecule has 23 heavy (non-hydrogen) atoms. The predicted octanol–water partition coefficient (Wildman–Crippen LogP) is 0.916. The van der Waals surface area contributed by atoms with Gasteiger partial charge in [-0.1, -0.05) is 12.1 Å². The quantitative estimate of drug-likeness (QED) is 0.903. The largest absolute Gasteiger partial charge is 0.497 e. The zero-order valence-corrected chi connectivity index (χ0v) is 13.0. The second kappa shape index (κ2) is 6.51. The molecule has 1 saturated heterocycles. The first kappa shape index (κ1) is 15.1. The van der Waals surface area contributed by atoms with Gasteiger partial charge < -0.3 is 20.3 Å². The summed E-state index contributed by atoms with van der Waals surface area (Å²) in [5.41, 5.74) is 6.75. The molecule has 2 aromatic rings.